The maximum atomic E-state index is 11.6. The number of carbonyl (C=O) groups excluding carboxylic acids is 1. The van der Waals surface area contributed by atoms with Crippen molar-refractivity contribution in [3.8, 4) is 0 Å². The second-order valence-corrected chi connectivity index (χ2v) is 4.65. The van der Waals surface area contributed by atoms with Crippen molar-refractivity contribution in [1.82, 2.24) is 0 Å². The predicted molar refractivity (Wildman–Crippen MR) is 53.8 cm³/mol. The van der Waals surface area contributed by atoms with E-state index in [9.17, 15) is 9.90 Å². The number of aliphatic hydroxyl groups is 1. The predicted octanol–water partition coefficient (Wildman–Crippen LogP) is 0.899. The monoisotopic (exact) mass is 206 g/mol. The van der Waals surface area contributed by atoms with E-state index in [-0.39, 0.29) is 18.0 Å². The average molecular weight is 206 g/mol. The van der Waals surface area contributed by atoms with E-state index >= 15 is 0 Å². The van der Waals surface area contributed by atoms with E-state index in [1.165, 1.54) is 7.11 Å². The van der Waals surface area contributed by atoms with Gasteiger partial charge in [0, 0.05) is 11.5 Å². The molecular formula is C12H14O3. The lowest BCUT2D eigenvalue weighted by Crippen LogP contribution is -2.23. The van der Waals surface area contributed by atoms with Crippen molar-refractivity contribution in [2.75, 3.05) is 7.11 Å². The zero-order valence-corrected chi connectivity index (χ0v) is 8.59. The van der Waals surface area contributed by atoms with Crippen LogP contribution < -0.4 is 0 Å². The Kier molecular flexibility index (Phi) is 1.80. The summed E-state index contributed by atoms with van der Waals surface area (Å²) < 4.78 is 4.76. The van der Waals surface area contributed by atoms with Crippen molar-refractivity contribution in [2.24, 2.45) is 23.7 Å². The van der Waals surface area contributed by atoms with Gasteiger partial charge in [-0.15, -0.1) is 0 Å². The van der Waals surface area contributed by atoms with E-state index in [0.717, 1.165) is 6.42 Å². The fourth-order valence-corrected chi connectivity index (χ4v) is 3.46. The number of allylic oxidation sites excluding steroid dienone is 3. The first-order valence-corrected chi connectivity index (χ1v) is 5.39. The molecule has 3 nitrogen and oxygen atoms in total. The van der Waals surface area contributed by atoms with E-state index in [1.807, 2.05) is 6.08 Å². The van der Waals surface area contributed by atoms with Crippen molar-refractivity contribution in [3.63, 3.8) is 0 Å². The lowest BCUT2D eigenvalue weighted by atomic mass is 9.88. The fourth-order valence-electron chi connectivity index (χ4n) is 3.46. The van der Waals surface area contributed by atoms with E-state index in [4.69, 9.17) is 4.74 Å². The number of rotatable bonds is 1. The SMILES string of the molecule is COC(=O)C1=CC2C=CC3CC(O)C1C23. The second kappa shape index (κ2) is 2.95. The van der Waals surface area contributed by atoms with Crippen molar-refractivity contribution in [2.45, 2.75) is 12.5 Å². The summed E-state index contributed by atoms with van der Waals surface area (Å²) in [6.45, 7) is 0. The number of ether oxygens (including phenoxy) is 1. The summed E-state index contributed by atoms with van der Waals surface area (Å²) in [6, 6.07) is 0. The molecule has 1 fully saturated rings. The van der Waals surface area contributed by atoms with Crippen LogP contribution in [0.15, 0.2) is 23.8 Å². The quantitative estimate of drug-likeness (QED) is 0.512. The van der Waals surface area contributed by atoms with Crippen LogP contribution in [0, 0.1) is 23.7 Å². The zero-order valence-electron chi connectivity index (χ0n) is 8.59. The van der Waals surface area contributed by atoms with Crippen molar-refractivity contribution in [1.29, 1.82) is 0 Å². The van der Waals surface area contributed by atoms with Gasteiger partial charge in [0.05, 0.1) is 13.2 Å². The van der Waals surface area contributed by atoms with E-state index in [0.29, 0.717) is 23.3 Å². The largest absolute Gasteiger partial charge is 0.466 e. The third-order valence-corrected chi connectivity index (χ3v) is 4.01. The molecule has 3 rings (SSSR count). The molecule has 0 aromatic carbocycles. The van der Waals surface area contributed by atoms with Gasteiger partial charge in [-0.2, -0.15) is 0 Å². The molecule has 0 saturated heterocycles. The fraction of sp³-hybridized carbons (Fsp3) is 0.583. The third-order valence-electron chi connectivity index (χ3n) is 4.01. The van der Waals surface area contributed by atoms with Gasteiger partial charge in [0.2, 0.25) is 0 Å². The van der Waals surface area contributed by atoms with Crippen molar-refractivity contribution in [3.05, 3.63) is 23.8 Å². The lowest BCUT2D eigenvalue weighted by molar-refractivity contribution is -0.137. The van der Waals surface area contributed by atoms with Gasteiger partial charge in [-0.25, -0.2) is 4.79 Å². The van der Waals surface area contributed by atoms with Crippen LogP contribution >= 0.6 is 0 Å². The van der Waals surface area contributed by atoms with Gasteiger partial charge in [0.1, 0.15) is 0 Å². The summed E-state index contributed by atoms with van der Waals surface area (Å²) in [5, 5.41) is 9.95. The Morgan fingerprint density at radius 3 is 3.07 bits per heavy atom. The molecule has 3 aliphatic carbocycles. The van der Waals surface area contributed by atoms with Crippen LogP contribution in [0.2, 0.25) is 0 Å². The van der Waals surface area contributed by atoms with Gasteiger partial charge in [0.25, 0.3) is 0 Å². The molecule has 80 valence electrons. The van der Waals surface area contributed by atoms with Gasteiger partial charge in [-0.1, -0.05) is 18.2 Å². The molecule has 0 spiro atoms. The molecule has 5 atom stereocenters. The minimum Gasteiger partial charge on any atom is -0.466 e. The van der Waals surface area contributed by atoms with Crippen LogP contribution in [0.5, 0.6) is 0 Å². The van der Waals surface area contributed by atoms with Crippen LogP contribution in [0.3, 0.4) is 0 Å². The molecule has 0 aromatic rings. The van der Waals surface area contributed by atoms with E-state index in [1.54, 1.807) is 0 Å². The Labute approximate surface area is 88.4 Å². The third kappa shape index (κ3) is 1.07. The van der Waals surface area contributed by atoms with Crippen LogP contribution in [0.25, 0.3) is 0 Å². The normalized spacial score (nSPS) is 45.5. The summed E-state index contributed by atoms with van der Waals surface area (Å²) in [7, 11) is 1.39. The van der Waals surface area contributed by atoms with Crippen molar-refractivity contribution >= 4 is 5.97 Å². The highest BCUT2D eigenvalue weighted by atomic mass is 16.5. The van der Waals surface area contributed by atoms with Gasteiger partial charge in [-0.3, -0.25) is 0 Å². The Bertz CT molecular complexity index is 369. The van der Waals surface area contributed by atoms with E-state index in [2.05, 4.69) is 12.2 Å². The van der Waals surface area contributed by atoms with Crippen LogP contribution in [-0.2, 0) is 9.53 Å². The Balaban J connectivity index is 1.98. The highest BCUT2D eigenvalue weighted by Crippen LogP contribution is 2.54. The Morgan fingerprint density at radius 2 is 2.33 bits per heavy atom. The summed E-state index contributed by atoms with van der Waals surface area (Å²) in [4.78, 5) is 11.6. The number of hydrogen-bond donors (Lipinski definition) is 1. The van der Waals surface area contributed by atoms with Crippen LogP contribution in [-0.4, -0.2) is 24.3 Å². The van der Waals surface area contributed by atoms with Crippen LogP contribution in [0.1, 0.15) is 6.42 Å². The second-order valence-electron chi connectivity index (χ2n) is 4.65. The standard InChI is InChI=1S/C12H14O3/c1-15-12(14)8-4-6-2-3-7-5-9(13)11(8)10(6)7/h2-4,6-7,9-11,13H,5H2,1H3. The highest BCUT2D eigenvalue weighted by Gasteiger charge is 2.53. The lowest BCUT2D eigenvalue weighted by Gasteiger charge is -2.18. The van der Waals surface area contributed by atoms with Crippen molar-refractivity contribution < 1.29 is 14.6 Å². The molecule has 0 aliphatic heterocycles. The molecule has 0 bridgehead atoms. The van der Waals surface area contributed by atoms with Crippen LogP contribution in [0.4, 0.5) is 0 Å². The molecule has 5 unspecified atom stereocenters. The number of aliphatic hydroxyl groups excluding tert-OH is 1. The van der Waals surface area contributed by atoms with Gasteiger partial charge >= 0.3 is 5.97 Å². The molecule has 0 heterocycles. The summed E-state index contributed by atoms with van der Waals surface area (Å²) in [5.41, 5.74) is 0.687. The average Bonchev–Trinajstić information content (AvgIpc) is 2.83. The van der Waals surface area contributed by atoms with E-state index < -0.39 is 0 Å². The summed E-state index contributed by atoms with van der Waals surface area (Å²) in [5.74, 6) is 0.929. The Hall–Kier alpha value is -1.09. The molecule has 3 heteroatoms. The first-order valence-electron chi connectivity index (χ1n) is 5.39. The molecule has 0 aromatic heterocycles. The number of carbonyl (C=O) groups is 1. The number of hydrogen-bond acceptors (Lipinski definition) is 3. The topological polar surface area (TPSA) is 46.5 Å². The van der Waals surface area contributed by atoms with Gasteiger partial charge < -0.3 is 9.84 Å². The maximum Gasteiger partial charge on any atom is 0.333 e. The molecular weight excluding hydrogens is 192 g/mol. The number of methoxy groups -OCH3 is 1. The maximum absolute atomic E-state index is 11.6. The molecule has 15 heavy (non-hydrogen) atoms. The minimum absolute atomic E-state index is 0.00227. The van der Waals surface area contributed by atoms with Gasteiger partial charge in [0.15, 0.2) is 0 Å². The summed E-state index contributed by atoms with van der Waals surface area (Å²) >= 11 is 0. The first-order chi connectivity index (χ1) is 7.22. The molecule has 1 N–H and O–H groups in total. The molecule has 3 aliphatic rings. The summed E-state index contributed by atoms with van der Waals surface area (Å²) in [6.07, 6.45) is 6.73. The molecule has 0 radical (unpaired) electrons. The zero-order chi connectivity index (χ0) is 10.6. The minimum atomic E-state index is -0.375. The highest BCUT2D eigenvalue weighted by molar-refractivity contribution is 5.90. The number of esters is 1. The molecule has 0 amide bonds. The van der Waals surface area contributed by atoms with Gasteiger partial charge in [-0.05, 0) is 24.2 Å². The Morgan fingerprint density at radius 1 is 1.53 bits per heavy atom. The molecule has 1 saturated carbocycles. The first kappa shape index (κ1) is 9.16. The smallest absolute Gasteiger partial charge is 0.333 e.